The zero-order chi connectivity index (χ0) is 23.6. The van der Waals surface area contributed by atoms with Gasteiger partial charge >= 0.3 is 48.2 Å². The monoisotopic (exact) mass is 462 g/mol. The molecule has 0 aromatic carbocycles. The molecule has 170 valence electrons. The maximum atomic E-state index is 13.7. The number of alkyl halides is 10. The number of carboxylic acids is 1. The van der Waals surface area contributed by atoms with E-state index >= 15 is 0 Å². The lowest BCUT2D eigenvalue weighted by atomic mass is 10.1. The number of rotatable bonds is 9. The van der Waals surface area contributed by atoms with Crippen LogP contribution in [0.4, 0.5) is 57.1 Å². The normalized spacial score (nSPS) is 16.3. The van der Waals surface area contributed by atoms with Crippen LogP contribution in [0.1, 0.15) is 13.3 Å². The lowest BCUT2D eigenvalue weighted by Crippen LogP contribution is -2.63. The van der Waals surface area contributed by atoms with Gasteiger partial charge in [-0.1, -0.05) is 6.08 Å². The molecule has 0 aliphatic heterocycles. The summed E-state index contributed by atoms with van der Waals surface area (Å²) < 4.78 is 171. The largest absolute Gasteiger partial charge is 0.478 e. The average molecular weight is 462 g/mol. The fourth-order valence-electron chi connectivity index (χ4n) is 1.24. The second kappa shape index (κ2) is 8.27. The van der Waals surface area contributed by atoms with Gasteiger partial charge in [-0.3, -0.25) is 4.74 Å². The van der Waals surface area contributed by atoms with E-state index in [0.29, 0.717) is 6.92 Å². The summed E-state index contributed by atoms with van der Waals surface area (Å²) in [6, 6.07) is -3.85. The average Bonchev–Trinajstić information content (AvgIpc) is 2.49. The molecule has 0 radical (unpaired) electrons. The molecule has 0 spiro atoms. The highest BCUT2D eigenvalue weighted by Gasteiger charge is 2.80. The van der Waals surface area contributed by atoms with E-state index < -0.39 is 60.2 Å². The number of halogens is 13. The van der Waals surface area contributed by atoms with E-state index in [2.05, 4.69) is 0 Å². The van der Waals surface area contributed by atoms with Gasteiger partial charge in [0, 0.05) is 12.0 Å². The number of ether oxygens (including phenoxy) is 2. The summed E-state index contributed by atoms with van der Waals surface area (Å²) in [6.07, 6.45) is -27.7. The van der Waals surface area contributed by atoms with Gasteiger partial charge in [0.25, 0.3) is 0 Å². The van der Waals surface area contributed by atoms with Gasteiger partial charge in [-0.2, -0.15) is 57.1 Å². The Morgan fingerprint density at radius 3 is 1.69 bits per heavy atom. The van der Waals surface area contributed by atoms with Gasteiger partial charge in [0.2, 0.25) is 0 Å². The van der Waals surface area contributed by atoms with Crippen molar-refractivity contribution in [3.8, 4) is 0 Å². The molecule has 17 heteroatoms. The van der Waals surface area contributed by atoms with E-state index in [1.54, 1.807) is 0 Å². The fourth-order valence-corrected chi connectivity index (χ4v) is 1.24. The second-order valence-electron chi connectivity index (χ2n) is 4.97. The van der Waals surface area contributed by atoms with Gasteiger partial charge < -0.3 is 9.84 Å². The SMILES string of the molecule is CC(=CCC(F)(F)C(F)(F)OC(F)(C(F)(F)F)C(F)(F)OC(F)=C(F)F)C(=O)O. The first-order valence-corrected chi connectivity index (χ1v) is 6.50. The van der Waals surface area contributed by atoms with Crippen LogP contribution < -0.4 is 0 Å². The fraction of sp³-hybridized carbons (Fsp3) is 0.583. The van der Waals surface area contributed by atoms with Crippen LogP contribution in [0.5, 0.6) is 0 Å². The lowest BCUT2D eigenvalue weighted by Gasteiger charge is -2.37. The molecule has 0 aromatic rings. The molecule has 0 amide bonds. The van der Waals surface area contributed by atoms with Gasteiger partial charge in [0.05, 0.1) is 0 Å². The molecule has 0 aliphatic rings. The third-order valence-electron chi connectivity index (χ3n) is 2.80. The molecule has 1 unspecified atom stereocenters. The van der Waals surface area contributed by atoms with Crippen molar-refractivity contribution < 1.29 is 76.5 Å². The van der Waals surface area contributed by atoms with E-state index in [1.807, 2.05) is 9.47 Å². The van der Waals surface area contributed by atoms with E-state index in [9.17, 15) is 61.9 Å². The van der Waals surface area contributed by atoms with Crippen LogP contribution in [0.2, 0.25) is 0 Å². The van der Waals surface area contributed by atoms with Crippen LogP contribution in [-0.4, -0.2) is 41.2 Å². The summed E-state index contributed by atoms with van der Waals surface area (Å²) >= 11 is 0. The summed E-state index contributed by atoms with van der Waals surface area (Å²) in [5.41, 5.74) is -1.05. The molecule has 0 heterocycles. The third-order valence-corrected chi connectivity index (χ3v) is 2.80. The molecule has 4 nitrogen and oxygen atoms in total. The van der Waals surface area contributed by atoms with Crippen molar-refractivity contribution in [1.29, 1.82) is 0 Å². The first-order chi connectivity index (χ1) is 12.6. The molecule has 0 aliphatic carbocycles. The molecule has 0 bridgehead atoms. The molecule has 0 saturated carbocycles. The number of carbonyl (C=O) groups is 1. The van der Waals surface area contributed by atoms with Crippen molar-refractivity contribution in [2.24, 2.45) is 0 Å². The van der Waals surface area contributed by atoms with Crippen molar-refractivity contribution in [2.45, 2.75) is 43.5 Å². The highest BCUT2D eigenvalue weighted by molar-refractivity contribution is 5.85. The Hall–Kier alpha value is -2.20. The van der Waals surface area contributed by atoms with Gasteiger partial charge in [-0.05, 0) is 6.92 Å². The summed E-state index contributed by atoms with van der Waals surface area (Å²) in [6.45, 7) is 0.565. The van der Waals surface area contributed by atoms with Crippen LogP contribution in [0, 0.1) is 0 Å². The minimum absolute atomic E-state index is 0.192. The zero-order valence-electron chi connectivity index (χ0n) is 13.4. The maximum Gasteiger partial charge on any atom is 0.471 e. The van der Waals surface area contributed by atoms with Crippen LogP contribution in [0.25, 0.3) is 0 Å². The molecular weight excluding hydrogens is 455 g/mol. The standard InChI is InChI=1S/C12H7F13O4/c1-4(7(26)27)2-3-8(16,17)11(22,23)29-9(18,10(19,20)21)12(24,25)28-6(15)5(13)14/h2H,3H2,1H3,(H,26,27). The van der Waals surface area contributed by atoms with Crippen molar-refractivity contribution >= 4 is 5.97 Å². The number of allylic oxidation sites excluding steroid dienone is 1. The van der Waals surface area contributed by atoms with Crippen LogP contribution in [-0.2, 0) is 14.3 Å². The quantitative estimate of drug-likeness (QED) is 0.279. The van der Waals surface area contributed by atoms with Crippen molar-refractivity contribution in [2.75, 3.05) is 0 Å². The topological polar surface area (TPSA) is 55.8 Å². The molecule has 0 saturated heterocycles. The zero-order valence-corrected chi connectivity index (χ0v) is 13.4. The Morgan fingerprint density at radius 1 is 0.897 bits per heavy atom. The Bertz CT molecular complexity index is 678. The number of hydrogen-bond acceptors (Lipinski definition) is 3. The predicted octanol–water partition coefficient (Wildman–Crippen LogP) is 5.52. The Balaban J connectivity index is 6.14. The Morgan fingerprint density at radius 2 is 1.34 bits per heavy atom. The number of aliphatic carboxylic acids is 1. The molecule has 0 rings (SSSR count). The van der Waals surface area contributed by atoms with Crippen molar-refractivity contribution in [3.63, 3.8) is 0 Å². The number of hydrogen-bond donors (Lipinski definition) is 1. The van der Waals surface area contributed by atoms with Crippen LogP contribution >= 0.6 is 0 Å². The minimum Gasteiger partial charge on any atom is -0.478 e. The van der Waals surface area contributed by atoms with E-state index in [0.717, 1.165) is 0 Å². The lowest BCUT2D eigenvalue weighted by molar-refractivity contribution is -0.516. The maximum absolute atomic E-state index is 13.7. The van der Waals surface area contributed by atoms with Gasteiger partial charge in [0.15, 0.2) is 0 Å². The van der Waals surface area contributed by atoms with Gasteiger partial charge in [-0.25, -0.2) is 4.79 Å². The first kappa shape index (κ1) is 26.8. The highest BCUT2D eigenvalue weighted by Crippen LogP contribution is 2.53. The molecule has 1 atom stereocenters. The van der Waals surface area contributed by atoms with E-state index in [4.69, 9.17) is 5.11 Å². The smallest absolute Gasteiger partial charge is 0.471 e. The second-order valence-corrected chi connectivity index (χ2v) is 4.97. The van der Waals surface area contributed by atoms with Crippen LogP contribution in [0.15, 0.2) is 23.7 Å². The van der Waals surface area contributed by atoms with Gasteiger partial charge in [-0.15, -0.1) is 0 Å². The highest BCUT2D eigenvalue weighted by atomic mass is 19.4. The van der Waals surface area contributed by atoms with Crippen LogP contribution in [0.3, 0.4) is 0 Å². The van der Waals surface area contributed by atoms with Crippen molar-refractivity contribution in [1.82, 2.24) is 0 Å². The summed E-state index contributed by atoms with van der Waals surface area (Å²) in [4.78, 5) is 10.4. The predicted molar refractivity (Wildman–Crippen MR) is 63.3 cm³/mol. The van der Waals surface area contributed by atoms with Gasteiger partial charge in [0.1, 0.15) is 0 Å². The summed E-state index contributed by atoms with van der Waals surface area (Å²) in [5.74, 6) is -15.1. The molecular formula is C12H7F13O4. The molecule has 0 aromatic heterocycles. The molecule has 0 fully saturated rings. The number of carboxylic acid groups (broad SMARTS) is 1. The minimum atomic E-state index is -7.35. The van der Waals surface area contributed by atoms with Crippen molar-refractivity contribution in [3.05, 3.63) is 23.7 Å². The van der Waals surface area contributed by atoms with E-state index in [-0.39, 0.29) is 6.08 Å². The summed E-state index contributed by atoms with van der Waals surface area (Å²) in [7, 11) is 0. The van der Waals surface area contributed by atoms with E-state index in [1.165, 1.54) is 0 Å². The Kier molecular flexibility index (Phi) is 7.64. The molecule has 29 heavy (non-hydrogen) atoms. The first-order valence-electron chi connectivity index (χ1n) is 6.50. The molecule has 1 N–H and O–H groups in total. The summed E-state index contributed by atoms with van der Waals surface area (Å²) in [5, 5.41) is 8.35. The third kappa shape index (κ3) is 5.89. The Labute approximate surface area is 151 Å².